The fourth-order valence-corrected chi connectivity index (χ4v) is 3.13. The molecule has 2 rings (SSSR count). The van der Waals surface area contributed by atoms with Crippen molar-refractivity contribution in [1.29, 1.82) is 0 Å². The maximum Gasteiger partial charge on any atom is 0.344 e. The van der Waals surface area contributed by atoms with Gasteiger partial charge < -0.3 is 5.32 Å². The monoisotopic (exact) mass is 292 g/mol. The molecule has 1 aromatic carbocycles. The standard InChI is InChI=1S/C14H20N4OS/c1-9(2)18-13(19)16-17-14(18)20-12-6-5-10(3)7-11(12)8-15-4/h5-7,9,15H,8H2,1-4H3,(H,16,19). The molecule has 0 spiro atoms. The van der Waals surface area contributed by atoms with Crippen molar-refractivity contribution in [3.05, 3.63) is 39.8 Å². The maximum absolute atomic E-state index is 11.8. The van der Waals surface area contributed by atoms with E-state index >= 15 is 0 Å². The molecule has 0 unspecified atom stereocenters. The third kappa shape index (κ3) is 3.13. The van der Waals surface area contributed by atoms with Crippen molar-refractivity contribution >= 4 is 11.8 Å². The summed E-state index contributed by atoms with van der Waals surface area (Å²) < 4.78 is 1.67. The smallest absolute Gasteiger partial charge is 0.316 e. The first-order valence-corrected chi connectivity index (χ1v) is 7.43. The number of H-pyrrole nitrogens is 1. The van der Waals surface area contributed by atoms with Crippen LogP contribution in [-0.2, 0) is 6.54 Å². The fraction of sp³-hybridized carbons (Fsp3) is 0.429. The quantitative estimate of drug-likeness (QED) is 0.888. The molecule has 6 heteroatoms. The van der Waals surface area contributed by atoms with Gasteiger partial charge in [-0.05, 0) is 51.2 Å². The van der Waals surface area contributed by atoms with Crippen molar-refractivity contribution in [3.8, 4) is 0 Å². The largest absolute Gasteiger partial charge is 0.344 e. The van der Waals surface area contributed by atoms with Crippen LogP contribution in [0.3, 0.4) is 0 Å². The first-order valence-electron chi connectivity index (χ1n) is 6.61. The fourth-order valence-electron chi connectivity index (χ4n) is 2.05. The summed E-state index contributed by atoms with van der Waals surface area (Å²) in [6.45, 7) is 6.82. The van der Waals surface area contributed by atoms with Crippen molar-refractivity contribution in [3.63, 3.8) is 0 Å². The molecule has 0 aliphatic rings. The third-order valence-electron chi connectivity index (χ3n) is 2.97. The summed E-state index contributed by atoms with van der Waals surface area (Å²) >= 11 is 1.52. The molecule has 0 atom stereocenters. The molecule has 0 saturated heterocycles. The molecule has 2 N–H and O–H groups in total. The zero-order valence-electron chi connectivity index (χ0n) is 12.2. The van der Waals surface area contributed by atoms with Crippen molar-refractivity contribution in [2.45, 2.75) is 43.4 Å². The third-order valence-corrected chi connectivity index (χ3v) is 4.06. The molecule has 0 radical (unpaired) electrons. The topological polar surface area (TPSA) is 62.7 Å². The number of hydrogen-bond acceptors (Lipinski definition) is 4. The Bertz CT molecular complexity index is 645. The van der Waals surface area contributed by atoms with Gasteiger partial charge in [-0.1, -0.05) is 17.7 Å². The van der Waals surface area contributed by atoms with Crippen LogP contribution in [0.15, 0.2) is 33.0 Å². The van der Waals surface area contributed by atoms with Gasteiger partial charge in [0.15, 0.2) is 5.16 Å². The van der Waals surface area contributed by atoms with Crippen LogP contribution in [0.5, 0.6) is 0 Å². The summed E-state index contributed by atoms with van der Waals surface area (Å²) in [4.78, 5) is 12.9. The van der Waals surface area contributed by atoms with E-state index in [0.717, 1.165) is 11.4 Å². The minimum Gasteiger partial charge on any atom is -0.316 e. The number of nitrogens with zero attached hydrogens (tertiary/aromatic N) is 2. The second-order valence-electron chi connectivity index (χ2n) is 5.02. The molecule has 1 aromatic heterocycles. The van der Waals surface area contributed by atoms with Crippen LogP contribution in [0.4, 0.5) is 0 Å². The normalized spacial score (nSPS) is 11.2. The lowest BCUT2D eigenvalue weighted by atomic mass is 10.1. The second kappa shape index (κ2) is 6.28. The Hall–Kier alpha value is -1.53. The van der Waals surface area contributed by atoms with Gasteiger partial charge in [0.1, 0.15) is 0 Å². The maximum atomic E-state index is 11.8. The molecule has 0 amide bonds. The average Bonchev–Trinajstić information content (AvgIpc) is 2.74. The van der Waals surface area contributed by atoms with E-state index in [4.69, 9.17) is 0 Å². The highest BCUT2D eigenvalue weighted by Gasteiger charge is 2.14. The minimum atomic E-state index is -0.162. The molecule has 20 heavy (non-hydrogen) atoms. The Labute approximate surface area is 122 Å². The predicted octanol–water partition coefficient (Wildman–Crippen LogP) is 2.33. The minimum absolute atomic E-state index is 0.0851. The van der Waals surface area contributed by atoms with E-state index in [1.54, 1.807) is 4.57 Å². The van der Waals surface area contributed by atoms with Crippen LogP contribution in [-0.4, -0.2) is 21.8 Å². The Morgan fingerprint density at radius 3 is 2.85 bits per heavy atom. The highest BCUT2D eigenvalue weighted by Crippen LogP contribution is 2.30. The molecule has 0 aliphatic heterocycles. The highest BCUT2D eigenvalue weighted by molar-refractivity contribution is 7.99. The summed E-state index contributed by atoms with van der Waals surface area (Å²) in [5, 5.41) is 10.5. The lowest BCUT2D eigenvalue weighted by molar-refractivity contribution is 0.534. The van der Waals surface area contributed by atoms with Crippen LogP contribution in [0.25, 0.3) is 0 Å². The Morgan fingerprint density at radius 1 is 1.45 bits per heavy atom. The van der Waals surface area contributed by atoms with E-state index in [2.05, 4.69) is 40.6 Å². The first-order chi connectivity index (χ1) is 9.52. The van der Waals surface area contributed by atoms with Crippen LogP contribution in [0, 0.1) is 6.92 Å². The molecule has 0 saturated carbocycles. The van der Waals surface area contributed by atoms with Crippen molar-refractivity contribution in [2.24, 2.45) is 0 Å². The van der Waals surface area contributed by atoms with Crippen molar-refractivity contribution < 1.29 is 0 Å². The van der Waals surface area contributed by atoms with Crippen molar-refractivity contribution in [1.82, 2.24) is 20.1 Å². The Balaban J connectivity index is 2.37. The van der Waals surface area contributed by atoms with Crippen LogP contribution < -0.4 is 11.0 Å². The SMILES string of the molecule is CNCc1cc(C)ccc1Sc1n[nH]c(=O)n1C(C)C. The number of aromatic amines is 1. The Morgan fingerprint density at radius 2 is 2.20 bits per heavy atom. The zero-order valence-corrected chi connectivity index (χ0v) is 13.0. The van der Waals surface area contributed by atoms with E-state index in [0.29, 0.717) is 5.16 Å². The zero-order chi connectivity index (χ0) is 14.7. The molecular weight excluding hydrogens is 272 g/mol. The van der Waals surface area contributed by atoms with Crippen molar-refractivity contribution in [2.75, 3.05) is 7.05 Å². The first kappa shape index (κ1) is 14.9. The molecule has 1 heterocycles. The molecule has 108 valence electrons. The van der Waals surface area contributed by atoms with Gasteiger partial charge in [0.25, 0.3) is 0 Å². The molecule has 0 bridgehead atoms. The summed E-state index contributed by atoms with van der Waals surface area (Å²) in [6, 6.07) is 6.40. The molecule has 0 fully saturated rings. The number of rotatable bonds is 5. The Kier molecular flexibility index (Phi) is 4.67. The molecule has 5 nitrogen and oxygen atoms in total. The van der Waals surface area contributed by atoms with Gasteiger partial charge in [0.2, 0.25) is 0 Å². The molecular formula is C14H20N4OS. The van der Waals surface area contributed by atoms with E-state index in [-0.39, 0.29) is 11.7 Å². The number of benzene rings is 1. The molecule has 2 aromatic rings. The van der Waals surface area contributed by atoms with Gasteiger partial charge in [0, 0.05) is 17.5 Å². The van der Waals surface area contributed by atoms with Gasteiger partial charge in [-0.15, -0.1) is 5.10 Å². The van der Waals surface area contributed by atoms with Gasteiger partial charge in [-0.3, -0.25) is 4.57 Å². The number of nitrogens with one attached hydrogen (secondary N) is 2. The summed E-state index contributed by atoms with van der Waals surface area (Å²) in [5.74, 6) is 0. The van der Waals surface area contributed by atoms with E-state index in [9.17, 15) is 4.79 Å². The summed E-state index contributed by atoms with van der Waals surface area (Å²) in [6.07, 6.45) is 0. The average molecular weight is 292 g/mol. The number of aryl methyl sites for hydroxylation is 1. The lowest BCUT2D eigenvalue weighted by Crippen LogP contribution is -2.19. The van der Waals surface area contributed by atoms with E-state index in [1.807, 2.05) is 20.9 Å². The predicted molar refractivity (Wildman–Crippen MR) is 81.3 cm³/mol. The summed E-state index contributed by atoms with van der Waals surface area (Å²) in [5.41, 5.74) is 2.27. The van der Waals surface area contributed by atoms with Gasteiger partial charge in [-0.25, -0.2) is 9.89 Å². The van der Waals surface area contributed by atoms with Gasteiger partial charge in [0.05, 0.1) is 0 Å². The highest BCUT2D eigenvalue weighted by atomic mass is 32.2. The van der Waals surface area contributed by atoms with Crippen LogP contribution in [0.1, 0.15) is 31.0 Å². The van der Waals surface area contributed by atoms with E-state index in [1.165, 1.54) is 22.9 Å². The number of aromatic nitrogens is 3. The van der Waals surface area contributed by atoms with E-state index < -0.39 is 0 Å². The second-order valence-corrected chi connectivity index (χ2v) is 6.03. The van der Waals surface area contributed by atoms with Crippen LogP contribution >= 0.6 is 11.8 Å². The van der Waals surface area contributed by atoms with Crippen LogP contribution in [0.2, 0.25) is 0 Å². The summed E-state index contributed by atoms with van der Waals surface area (Å²) in [7, 11) is 1.93. The van der Waals surface area contributed by atoms with Gasteiger partial charge >= 0.3 is 5.69 Å². The van der Waals surface area contributed by atoms with Gasteiger partial charge in [-0.2, -0.15) is 0 Å². The lowest BCUT2D eigenvalue weighted by Gasteiger charge is -2.12. The number of hydrogen-bond donors (Lipinski definition) is 2. The molecule has 0 aliphatic carbocycles.